The number of aromatic amines is 1. The molecule has 5 rings (SSSR count). The van der Waals surface area contributed by atoms with Gasteiger partial charge in [0.05, 0.1) is 18.2 Å². The summed E-state index contributed by atoms with van der Waals surface area (Å²) < 4.78 is 7.18. The SMILES string of the molecule is COc1ccc(CN(Cc2cccnc2)[C@@H](c2cc3cccc(C)c3[nH]c2=O)c2nnnn2C(C)(C)C)cc1. The van der Waals surface area contributed by atoms with Gasteiger partial charge in [-0.25, -0.2) is 4.68 Å². The van der Waals surface area contributed by atoms with Crippen LogP contribution >= 0.6 is 0 Å². The van der Waals surface area contributed by atoms with E-state index in [0.717, 1.165) is 33.3 Å². The van der Waals surface area contributed by atoms with E-state index in [-0.39, 0.29) is 5.56 Å². The van der Waals surface area contributed by atoms with Crippen molar-refractivity contribution in [3.8, 4) is 5.75 Å². The lowest BCUT2D eigenvalue weighted by Crippen LogP contribution is -2.37. The summed E-state index contributed by atoms with van der Waals surface area (Å²) in [4.78, 5) is 23.5. The van der Waals surface area contributed by atoms with Crippen molar-refractivity contribution in [3.63, 3.8) is 0 Å². The topological polar surface area (TPSA) is 102 Å². The molecule has 1 N–H and O–H groups in total. The number of hydrogen-bond donors (Lipinski definition) is 1. The van der Waals surface area contributed by atoms with Crippen LogP contribution < -0.4 is 10.3 Å². The number of ether oxygens (including phenoxy) is 1. The predicted octanol–water partition coefficient (Wildman–Crippen LogP) is 4.77. The molecule has 3 aromatic heterocycles. The van der Waals surface area contributed by atoms with Gasteiger partial charge in [-0.15, -0.1) is 5.10 Å². The standard InChI is InChI=1S/C30H33N7O2/c1-20-8-6-10-23-16-25(29(38)32-26(20)23)27(28-33-34-35-37(28)30(2,3)4)36(19-22-9-7-15-31-17-22)18-21-11-13-24(39-5)14-12-21/h6-17,27H,18-19H2,1-5H3,(H,32,38)/t27-/m0/s1. The van der Waals surface area contributed by atoms with Gasteiger partial charge < -0.3 is 9.72 Å². The number of aryl methyl sites for hydroxylation is 1. The first-order valence-corrected chi connectivity index (χ1v) is 12.9. The third-order valence-corrected chi connectivity index (χ3v) is 6.80. The van der Waals surface area contributed by atoms with E-state index >= 15 is 0 Å². The third-order valence-electron chi connectivity index (χ3n) is 6.80. The Balaban J connectivity index is 1.72. The van der Waals surface area contributed by atoms with Crippen LogP contribution in [0.3, 0.4) is 0 Å². The average Bonchev–Trinajstić information content (AvgIpc) is 3.41. The fourth-order valence-electron chi connectivity index (χ4n) is 4.87. The minimum Gasteiger partial charge on any atom is -0.497 e. The van der Waals surface area contributed by atoms with Crippen molar-refractivity contribution >= 4 is 10.9 Å². The van der Waals surface area contributed by atoms with Crippen LogP contribution in [-0.4, -0.2) is 42.2 Å². The molecule has 0 radical (unpaired) electrons. The van der Waals surface area contributed by atoms with Gasteiger partial charge in [-0.2, -0.15) is 0 Å². The van der Waals surface area contributed by atoms with E-state index < -0.39 is 11.6 Å². The molecule has 1 atom stereocenters. The van der Waals surface area contributed by atoms with Crippen LogP contribution in [-0.2, 0) is 18.6 Å². The van der Waals surface area contributed by atoms with E-state index in [1.165, 1.54) is 0 Å². The van der Waals surface area contributed by atoms with E-state index in [1.54, 1.807) is 13.3 Å². The average molecular weight is 524 g/mol. The molecule has 0 bridgehead atoms. The molecule has 2 aromatic carbocycles. The van der Waals surface area contributed by atoms with Gasteiger partial charge in [0.25, 0.3) is 5.56 Å². The number of para-hydroxylation sites is 1. The quantitative estimate of drug-likeness (QED) is 0.312. The van der Waals surface area contributed by atoms with Gasteiger partial charge >= 0.3 is 0 Å². The molecule has 5 aromatic rings. The summed E-state index contributed by atoms with van der Waals surface area (Å²) >= 11 is 0. The number of tetrazole rings is 1. The van der Waals surface area contributed by atoms with Gasteiger partial charge in [0.15, 0.2) is 5.82 Å². The van der Waals surface area contributed by atoms with Crippen LogP contribution in [0.1, 0.15) is 54.9 Å². The van der Waals surface area contributed by atoms with Crippen LogP contribution in [0.2, 0.25) is 0 Å². The Morgan fingerprint density at radius 1 is 1.03 bits per heavy atom. The molecule has 0 saturated heterocycles. The summed E-state index contributed by atoms with van der Waals surface area (Å²) in [6, 6.07) is 19.3. The Morgan fingerprint density at radius 2 is 1.79 bits per heavy atom. The van der Waals surface area contributed by atoms with Crippen molar-refractivity contribution in [2.45, 2.75) is 52.4 Å². The maximum Gasteiger partial charge on any atom is 0.253 e. The molecule has 200 valence electrons. The zero-order valence-electron chi connectivity index (χ0n) is 22.9. The second-order valence-electron chi connectivity index (χ2n) is 10.7. The van der Waals surface area contributed by atoms with Gasteiger partial charge in [0.1, 0.15) is 11.8 Å². The molecule has 9 nitrogen and oxygen atoms in total. The lowest BCUT2D eigenvalue weighted by atomic mass is 9.99. The van der Waals surface area contributed by atoms with Gasteiger partial charge in [-0.1, -0.05) is 36.4 Å². The molecular weight excluding hydrogens is 490 g/mol. The molecule has 3 heterocycles. The summed E-state index contributed by atoms with van der Waals surface area (Å²) in [5.74, 6) is 1.38. The van der Waals surface area contributed by atoms with Crippen molar-refractivity contribution in [3.05, 3.63) is 111 Å². The molecular formula is C30H33N7O2. The first-order valence-electron chi connectivity index (χ1n) is 12.9. The zero-order chi connectivity index (χ0) is 27.6. The van der Waals surface area contributed by atoms with Gasteiger partial charge in [0, 0.05) is 31.0 Å². The maximum atomic E-state index is 13.8. The highest BCUT2D eigenvalue weighted by atomic mass is 16.5. The minimum absolute atomic E-state index is 0.170. The van der Waals surface area contributed by atoms with E-state index in [1.807, 2.05) is 99.2 Å². The van der Waals surface area contributed by atoms with Crippen molar-refractivity contribution in [1.29, 1.82) is 0 Å². The molecule has 0 spiro atoms. The van der Waals surface area contributed by atoms with Crippen molar-refractivity contribution in [2.75, 3.05) is 7.11 Å². The molecule has 0 aliphatic heterocycles. The summed E-state index contributed by atoms with van der Waals surface area (Å²) in [6.45, 7) is 9.19. The summed E-state index contributed by atoms with van der Waals surface area (Å²) in [5, 5.41) is 13.9. The highest BCUT2D eigenvalue weighted by Crippen LogP contribution is 2.32. The number of H-pyrrole nitrogens is 1. The minimum atomic E-state index is -0.546. The predicted molar refractivity (Wildman–Crippen MR) is 150 cm³/mol. The van der Waals surface area contributed by atoms with Crippen molar-refractivity contribution in [1.82, 2.24) is 35.1 Å². The number of methoxy groups -OCH3 is 1. The summed E-state index contributed by atoms with van der Waals surface area (Å²) in [5.41, 5.74) is 3.91. The summed E-state index contributed by atoms with van der Waals surface area (Å²) in [6.07, 6.45) is 3.60. The Morgan fingerprint density at radius 3 is 2.49 bits per heavy atom. The number of nitrogens with zero attached hydrogens (tertiary/aromatic N) is 6. The fourth-order valence-corrected chi connectivity index (χ4v) is 4.87. The van der Waals surface area contributed by atoms with Crippen LogP contribution in [0.5, 0.6) is 5.75 Å². The zero-order valence-corrected chi connectivity index (χ0v) is 22.9. The first kappa shape index (κ1) is 26.2. The first-order chi connectivity index (χ1) is 18.7. The van der Waals surface area contributed by atoms with E-state index in [2.05, 4.69) is 30.4 Å². The molecule has 0 aliphatic carbocycles. The third kappa shape index (κ3) is 5.58. The van der Waals surface area contributed by atoms with E-state index in [4.69, 9.17) is 4.74 Å². The monoisotopic (exact) mass is 523 g/mol. The Bertz CT molecular complexity index is 1620. The largest absolute Gasteiger partial charge is 0.497 e. The number of benzene rings is 2. The highest BCUT2D eigenvalue weighted by molar-refractivity contribution is 5.82. The smallest absolute Gasteiger partial charge is 0.253 e. The number of aromatic nitrogens is 6. The number of nitrogens with one attached hydrogen (secondary N) is 1. The van der Waals surface area contributed by atoms with Crippen LogP contribution in [0.25, 0.3) is 10.9 Å². The summed E-state index contributed by atoms with van der Waals surface area (Å²) in [7, 11) is 1.65. The second-order valence-corrected chi connectivity index (χ2v) is 10.7. The van der Waals surface area contributed by atoms with Crippen molar-refractivity contribution in [2.24, 2.45) is 0 Å². The van der Waals surface area contributed by atoms with Gasteiger partial charge in [-0.3, -0.25) is 14.7 Å². The molecule has 0 aliphatic rings. The fraction of sp³-hybridized carbons (Fsp3) is 0.300. The maximum absolute atomic E-state index is 13.8. The molecule has 0 amide bonds. The number of hydrogen-bond acceptors (Lipinski definition) is 7. The Hall–Kier alpha value is -4.37. The van der Waals surface area contributed by atoms with Crippen LogP contribution in [0, 0.1) is 6.92 Å². The molecule has 0 unspecified atom stereocenters. The molecule has 39 heavy (non-hydrogen) atoms. The lowest BCUT2D eigenvalue weighted by Gasteiger charge is -2.33. The Kier molecular flexibility index (Phi) is 7.26. The van der Waals surface area contributed by atoms with Crippen molar-refractivity contribution < 1.29 is 4.74 Å². The van der Waals surface area contributed by atoms with Crippen LogP contribution in [0.15, 0.2) is 77.9 Å². The van der Waals surface area contributed by atoms with Crippen LogP contribution in [0.4, 0.5) is 0 Å². The van der Waals surface area contributed by atoms with Gasteiger partial charge in [0.2, 0.25) is 0 Å². The highest BCUT2D eigenvalue weighted by Gasteiger charge is 2.33. The molecule has 0 fully saturated rings. The number of rotatable bonds is 8. The Labute approximate surface area is 227 Å². The molecule has 9 heteroatoms. The number of fused-ring (bicyclic) bond motifs is 1. The normalized spacial score (nSPS) is 12.7. The van der Waals surface area contributed by atoms with E-state index in [9.17, 15) is 4.79 Å². The second kappa shape index (κ2) is 10.8. The van der Waals surface area contributed by atoms with E-state index in [0.29, 0.717) is 24.5 Å². The van der Waals surface area contributed by atoms with Gasteiger partial charge in [-0.05, 0) is 84.5 Å². The lowest BCUT2D eigenvalue weighted by molar-refractivity contribution is 0.184. The number of pyridine rings is 2. The molecule has 0 saturated carbocycles.